The first kappa shape index (κ1) is 49.3. The van der Waals surface area contributed by atoms with Crippen molar-refractivity contribution in [3.05, 3.63) is 108 Å². The standard InChI is InChI=1S/C48H61N5O10/c1-4-17-37(43(56)46(59)49-29-40(55)53-42(35-24-15-8-16-25-35)48(62)63-30-32-18-9-5-10-19-32)50-44(57)38(28-31(2)3)51-45(58)41(34-22-13-7-14-23-34)52-39(54)27-26-36(47(60)61)33-20-11-6-12-21-33/h5-6,8-12,15-16,18-21,24-25,31,34,36-38,41-42H,4,7,13-14,17,22-23,26-30H2,1-3H3,(H,49,59)(H,50,57)(H,51,58)(H,52,54)(H,53,55)(H,60,61)/t36?,37?,38-,41-,42?/m0/s1. The molecule has 3 aromatic rings. The van der Waals surface area contributed by atoms with Gasteiger partial charge in [0.2, 0.25) is 29.4 Å². The summed E-state index contributed by atoms with van der Waals surface area (Å²) in [7, 11) is 0. The van der Waals surface area contributed by atoms with Gasteiger partial charge in [-0.05, 0) is 60.6 Å². The van der Waals surface area contributed by atoms with Gasteiger partial charge in [0.25, 0.3) is 5.91 Å². The van der Waals surface area contributed by atoms with Crippen molar-refractivity contribution in [2.45, 2.75) is 122 Å². The van der Waals surface area contributed by atoms with Crippen molar-refractivity contribution in [3.8, 4) is 0 Å². The number of carbonyl (C=O) groups is 8. The van der Waals surface area contributed by atoms with Crippen molar-refractivity contribution in [2.75, 3.05) is 6.54 Å². The van der Waals surface area contributed by atoms with E-state index in [0.29, 0.717) is 30.4 Å². The summed E-state index contributed by atoms with van der Waals surface area (Å²) >= 11 is 0. The number of hydrogen-bond donors (Lipinski definition) is 6. The zero-order chi connectivity index (χ0) is 45.7. The summed E-state index contributed by atoms with van der Waals surface area (Å²) in [5.41, 5.74) is 1.76. The third kappa shape index (κ3) is 16.1. The van der Waals surface area contributed by atoms with E-state index in [1.165, 1.54) is 0 Å². The third-order valence-electron chi connectivity index (χ3n) is 11.0. The van der Waals surface area contributed by atoms with E-state index in [2.05, 4.69) is 26.6 Å². The highest BCUT2D eigenvalue weighted by atomic mass is 16.5. The number of ketones is 1. The highest BCUT2D eigenvalue weighted by Crippen LogP contribution is 2.28. The minimum absolute atomic E-state index is 0.0195. The van der Waals surface area contributed by atoms with Crippen molar-refractivity contribution < 1.29 is 48.2 Å². The number of esters is 1. The molecule has 3 aromatic carbocycles. The van der Waals surface area contributed by atoms with Gasteiger partial charge in [-0.3, -0.25) is 33.6 Å². The van der Waals surface area contributed by atoms with Crippen LogP contribution in [-0.4, -0.2) is 77.0 Å². The lowest BCUT2D eigenvalue weighted by Crippen LogP contribution is -2.58. The van der Waals surface area contributed by atoms with Gasteiger partial charge in [-0.1, -0.05) is 137 Å². The summed E-state index contributed by atoms with van der Waals surface area (Å²) in [4.78, 5) is 106. The molecule has 1 aliphatic carbocycles. The van der Waals surface area contributed by atoms with Gasteiger partial charge in [0.05, 0.1) is 18.5 Å². The normalized spacial score (nSPS) is 15.0. The average molecular weight is 868 g/mol. The Morgan fingerprint density at radius 1 is 0.683 bits per heavy atom. The van der Waals surface area contributed by atoms with Crippen molar-refractivity contribution in [2.24, 2.45) is 11.8 Å². The lowest BCUT2D eigenvalue weighted by atomic mass is 9.83. The molecule has 4 rings (SSSR count). The fourth-order valence-electron chi connectivity index (χ4n) is 7.65. The summed E-state index contributed by atoms with van der Waals surface area (Å²) < 4.78 is 5.47. The Morgan fingerprint density at radius 3 is 1.86 bits per heavy atom. The van der Waals surface area contributed by atoms with Crippen molar-refractivity contribution in [1.82, 2.24) is 26.6 Å². The first-order valence-electron chi connectivity index (χ1n) is 21.8. The number of carboxylic acids is 1. The quantitative estimate of drug-likeness (QED) is 0.0533. The third-order valence-corrected chi connectivity index (χ3v) is 11.0. The van der Waals surface area contributed by atoms with E-state index in [-0.39, 0.29) is 44.1 Å². The zero-order valence-corrected chi connectivity index (χ0v) is 36.3. The summed E-state index contributed by atoms with van der Waals surface area (Å²) in [6, 6.07) is 21.4. The maximum absolute atomic E-state index is 14.1. The van der Waals surface area contributed by atoms with Crippen molar-refractivity contribution >= 4 is 47.3 Å². The molecule has 6 N–H and O–H groups in total. The van der Waals surface area contributed by atoms with E-state index in [0.717, 1.165) is 24.8 Å². The molecule has 0 spiro atoms. The van der Waals surface area contributed by atoms with Crippen molar-refractivity contribution in [1.29, 1.82) is 0 Å². The van der Waals surface area contributed by atoms with E-state index in [4.69, 9.17) is 4.74 Å². The fourth-order valence-corrected chi connectivity index (χ4v) is 7.65. The summed E-state index contributed by atoms with van der Waals surface area (Å²) in [6.07, 6.45) is 4.58. The van der Waals surface area contributed by atoms with Gasteiger partial charge in [0.1, 0.15) is 18.7 Å². The summed E-state index contributed by atoms with van der Waals surface area (Å²) in [5, 5.41) is 23.0. The molecule has 5 amide bonds. The van der Waals surface area contributed by atoms with Crippen LogP contribution in [0.3, 0.4) is 0 Å². The van der Waals surface area contributed by atoms with Crippen LogP contribution in [-0.2, 0) is 49.7 Å². The van der Waals surface area contributed by atoms with Gasteiger partial charge in [-0.25, -0.2) is 4.79 Å². The Morgan fingerprint density at radius 2 is 1.27 bits per heavy atom. The second kappa shape index (κ2) is 25.5. The maximum atomic E-state index is 14.1. The first-order valence-corrected chi connectivity index (χ1v) is 21.8. The lowest BCUT2D eigenvalue weighted by Gasteiger charge is -2.32. The highest BCUT2D eigenvalue weighted by molar-refractivity contribution is 6.38. The Bertz CT molecular complexity index is 1990. The number of carboxylic acid groups (broad SMARTS) is 1. The number of aliphatic carboxylic acids is 1. The molecule has 1 saturated carbocycles. The monoisotopic (exact) mass is 867 g/mol. The highest BCUT2D eigenvalue weighted by Gasteiger charge is 2.36. The molecule has 0 bridgehead atoms. The minimum atomic E-state index is -1.29. The van der Waals surface area contributed by atoms with Gasteiger partial charge < -0.3 is 36.4 Å². The molecule has 0 aromatic heterocycles. The van der Waals surface area contributed by atoms with Gasteiger partial charge >= 0.3 is 11.9 Å². The number of hydrogen-bond acceptors (Lipinski definition) is 9. The Balaban J connectivity index is 1.39. The molecule has 0 radical (unpaired) electrons. The fraction of sp³-hybridized carbons (Fsp3) is 0.458. The minimum Gasteiger partial charge on any atom is -0.481 e. The molecule has 63 heavy (non-hydrogen) atoms. The molecule has 338 valence electrons. The van der Waals surface area contributed by atoms with Gasteiger partial charge in [0, 0.05) is 6.42 Å². The van der Waals surface area contributed by atoms with Crippen LogP contribution in [0.25, 0.3) is 0 Å². The Labute approximate surface area is 368 Å². The van der Waals surface area contributed by atoms with Crippen LogP contribution in [0, 0.1) is 11.8 Å². The molecular formula is C48H61N5O10. The molecule has 3 unspecified atom stereocenters. The number of Topliss-reactive ketones (excluding diaryl/α,β-unsaturated/α-hetero) is 1. The second-order valence-corrected chi connectivity index (χ2v) is 16.4. The molecule has 0 heterocycles. The molecule has 5 atom stereocenters. The van der Waals surface area contributed by atoms with Gasteiger partial charge in [0.15, 0.2) is 6.04 Å². The molecule has 1 fully saturated rings. The molecule has 15 heteroatoms. The summed E-state index contributed by atoms with van der Waals surface area (Å²) in [6.45, 7) is 4.80. The van der Waals surface area contributed by atoms with Crippen molar-refractivity contribution in [3.63, 3.8) is 0 Å². The molecular weight excluding hydrogens is 807 g/mol. The largest absolute Gasteiger partial charge is 0.481 e. The number of carbonyl (C=O) groups excluding carboxylic acids is 7. The number of benzene rings is 3. The number of nitrogens with one attached hydrogen (secondary N) is 5. The Kier molecular flexibility index (Phi) is 20.0. The predicted octanol–water partition coefficient (Wildman–Crippen LogP) is 4.80. The SMILES string of the molecule is CCCC(NC(=O)[C@H](CC(C)C)NC(=O)[C@@H](NC(=O)CCC(C(=O)O)c1ccccc1)C1CCCCC1)C(=O)C(=O)NCC(=O)NC(C(=O)OCc1ccccc1)c1ccccc1. The van der Waals surface area contributed by atoms with Crippen LogP contribution in [0.1, 0.15) is 114 Å². The van der Waals surface area contributed by atoms with E-state index in [9.17, 15) is 43.5 Å². The van der Waals surface area contributed by atoms with Gasteiger partial charge in [-0.2, -0.15) is 0 Å². The van der Waals surface area contributed by atoms with E-state index in [1.807, 2.05) is 19.9 Å². The van der Waals surface area contributed by atoms with Crippen LogP contribution in [0.2, 0.25) is 0 Å². The smallest absolute Gasteiger partial charge is 0.333 e. The second-order valence-electron chi connectivity index (χ2n) is 16.4. The lowest BCUT2D eigenvalue weighted by molar-refractivity contribution is -0.149. The summed E-state index contributed by atoms with van der Waals surface area (Å²) in [5.74, 6) is -7.67. The zero-order valence-electron chi connectivity index (χ0n) is 36.3. The average Bonchev–Trinajstić information content (AvgIpc) is 3.28. The van der Waals surface area contributed by atoms with Crippen LogP contribution < -0.4 is 26.6 Å². The molecule has 1 aliphatic rings. The van der Waals surface area contributed by atoms with Crippen LogP contribution in [0.5, 0.6) is 0 Å². The van der Waals surface area contributed by atoms with E-state index >= 15 is 0 Å². The predicted molar refractivity (Wildman–Crippen MR) is 234 cm³/mol. The molecule has 0 aliphatic heterocycles. The number of rotatable bonds is 24. The van der Waals surface area contributed by atoms with Crippen LogP contribution in [0.4, 0.5) is 0 Å². The topological polar surface area (TPSA) is 226 Å². The van der Waals surface area contributed by atoms with Crippen LogP contribution in [0.15, 0.2) is 91.0 Å². The van der Waals surface area contributed by atoms with E-state index < -0.39 is 83.9 Å². The van der Waals surface area contributed by atoms with Crippen LogP contribution >= 0.6 is 0 Å². The number of ether oxygens (including phenoxy) is 1. The first-order chi connectivity index (χ1) is 30.3. The Hall–Kier alpha value is -6.38. The molecule has 0 saturated heterocycles. The van der Waals surface area contributed by atoms with E-state index in [1.54, 1.807) is 91.9 Å². The molecule has 15 nitrogen and oxygen atoms in total. The van der Waals surface area contributed by atoms with Gasteiger partial charge in [-0.15, -0.1) is 0 Å². The number of amides is 5. The maximum Gasteiger partial charge on any atom is 0.333 e.